The molecule has 5 fully saturated rings. The average Bonchev–Trinajstić information content (AvgIpc) is 4.20. The van der Waals surface area contributed by atoms with Gasteiger partial charge in [-0.2, -0.15) is 0 Å². The molecular formula is C48H58FN7O10. The van der Waals surface area contributed by atoms with E-state index in [1.807, 2.05) is 48.5 Å². The van der Waals surface area contributed by atoms with Crippen LogP contribution in [0.3, 0.4) is 0 Å². The number of anilines is 3. The number of likely N-dealkylation sites (tertiary alicyclic amines) is 2. The van der Waals surface area contributed by atoms with Gasteiger partial charge in [0.05, 0.1) is 39.5 Å². The van der Waals surface area contributed by atoms with Crippen LogP contribution in [0.4, 0.5) is 31.0 Å². The Morgan fingerprint density at radius 1 is 0.591 bits per heavy atom. The molecule has 0 aliphatic carbocycles. The Labute approximate surface area is 383 Å². The zero-order chi connectivity index (χ0) is 46.3. The smallest absolute Gasteiger partial charge is 0.407 e. The van der Waals surface area contributed by atoms with Crippen molar-refractivity contribution in [3.8, 4) is 0 Å². The number of carbonyl (C=O) groups is 6. The van der Waals surface area contributed by atoms with Crippen molar-refractivity contribution in [1.29, 1.82) is 0 Å². The third-order valence-corrected chi connectivity index (χ3v) is 13.6. The number of alkyl carbamates (subject to hydrolysis) is 2. The molecule has 0 saturated carbocycles. The van der Waals surface area contributed by atoms with E-state index in [0.29, 0.717) is 89.4 Å². The highest BCUT2D eigenvalue weighted by Gasteiger charge is 2.44. The molecule has 5 saturated heterocycles. The number of hydrogen-bond donors (Lipinski definition) is 4. The number of rotatable bonds is 13. The van der Waals surface area contributed by atoms with Crippen LogP contribution in [-0.4, -0.2) is 124 Å². The summed E-state index contributed by atoms with van der Waals surface area (Å²) in [5.41, 5.74) is 3.98. The highest BCUT2D eigenvalue weighted by Crippen LogP contribution is 2.47. The van der Waals surface area contributed by atoms with Gasteiger partial charge in [0.25, 0.3) is 0 Å². The minimum absolute atomic E-state index is 0.0921. The van der Waals surface area contributed by atoms with Crippen LogP contribution in [0.15, 0.2) is 72.8 Å². The first-order chi connectivity index (χ1) is 32.0. The lowest BCUT2D eigenvalue weighted by atomic mass is 9.97. The largest absolute Gasteiger partial charge is 0.453 e. The molecule has 8 atom stereocenters. The molecule has 0 spiro atoms. The van der Waals surface area contributed by atoms with Gasteiger partial charge in [0.15, 0.2) is 0 Å². The second-order valence-corrected chi connectivity index (χ2v) is 17.6. The molecule has 5 aliphatic rings. The second kappa shape index (κ2) is 20.9. The maximum absolute atomic E-state index is 14.2. The van der Waals surface area contributed by atoms with E-state index in [2.05, 4.69) is 26.2 Å². The Balaban J connectivity index is 0.929. The van der Waals surface area contributed by atoms with E-state index < -0.39 is 36.4 Å². The van der Waals surface area contributed by atoms with Gasteiger partial charge in [0, 0.05) is 55.2 Å². The molecule has 6 amide bonds. The minimum Gasteiger partial charge on any atom is -0.453 e. The van der Waals surface area contributed by atoms with Gasteiger partial charge in [-0.25, -0.2) is 14.0 Å². The summed E-state index contributed by atoms with van der Waals surface area (Å²) in [5, 5.41) is 11.3. The van der Waals surface area contributed by atoms with Crippen LogP contribution in [0.1, 0.15) is 74.6 Å². The highest BCUT2D eigenvalue weighted by atomic mass is 19.1. The maximum atomic E-state index is 14.2. The minimum atomic E-state index is -0.867. The molecule has 3 aromatic carbocycles. The van der Waals surface area contributed by atoms with Gasteiger partial charge in [-0.15, -0.1) is 0 Å². The van der Waals surface area contributed by atoms with Gasteiger partial charge in [-0.1, -0.05) is 24.3 Å². The lowest BCUT2D eigenvalue weighted by Crippen LogP contribution is -2.55. The molecule has 0 unspecified atom stereocenters. The number of benzene rings is 3. The fourth-order valence-electron chi connectivity index (χ4n) is 10.2. The van der Waals surface area contributed by atoms with Crippen LogP contribution in [-0.2, 0) is 38.1 Å². The van der Waals surface area contributed by atoms with Crippen molar-refractivity contribution in [2.75, 3.05) is 69.3 Å². The monoisotopic (exact) mass is 911 g/mol. The van der Waals surface area contributed by atoms with Crippen molar-refractivity contribution in [2.45, 2.75) is 87.6 Å². The predicted molar refractivity (Wildman–Crippen MR) is 240 cm³/mol. The van der Waals surface area contributed by atoms with Crippen molar-refractivity contribution in [1.82, 2.24) is 20.4 Å². The van der Waals surface area contributed by atoms with Crippen LogP contribution < -0.4 is 26.2 Å². The molecule has 66 heavy (non-hydrogen) atoms. The molecule has 4 N–H and O–H groups in total. The summed E-state index contributed by atoms with van der Waals surface area (Å²) < 4.78 is 34.8. The Morgan fingerprint density at radius 3 is 1.39 bits per heavy atom. The molecular weight excluding hydrogens is 854 g/mol. The molecule has 3 aromatic rings. The van der Waals surface area contributed by atoms with Gasteiger partial charge < -0.3 is 54.9 Å². The molecule has 5 heterocycles. The topological polar surface area (TPSA) is 197 Å². The van der Waals surface area contributed by atoms with E-state index in [9.17, 15) is 33.2 Å². The summed E-state index contributed by atoms with van der Waals surface area (Å²) in [6.07, 6.45) is 3.60. The Bertz CT molecular complexity index is 2090. The number of ether oxygens (including phenoxy) is 4. The summed E-state index contributed by atoms with van der Waals surface area (Å²) in [5.74, 6) is -2.09. The Hall–Kier alpha value is -6.27. The predicted octanol–water partition coefficient (Wildman–Crippen LogP) is 5.29. The third kappa shape index (κ3) is 10.2. The van der Waals surface area contributed by atoms with E-state index in [1.54, 1.807) is 21.9 Å². The first-order valence-electron chi connectivity index (χ1n) is 22.8. The number of halogens is 1. The average molecular weight is 912 g/mol. The molecule has 5 aliphatic heterocycles. The zero-order valence-corrected chi connectivity index (χ0v) is 37.2. The number of amides is 6. The molecule has 0 aromatic heterocycles. The SMILES string of the molecule is COC(=O)N[C@H](C(=O)N1CCC[C@H]1C(=O)Nc1ccc([C@@H]2CC[C@@H](c3ccc(NC(=O)[C@@H]4CCCN4C(=O)[C@@H](NC(=O)OC)[C@H]4CCOC4)cc3)N2c2ccc(F)cc2)cc1)[C@H]1CCOC1. The quantitative estimate of drug-likeness (QED) is 0.174. The molecule has 352 valence electrons. The second-order valence-electron chi connectivity index (χ2n) is 17.6. The summed E-state index contributed by atoms with van der Waals surface area (Å²) in [6.45, 7) is 2.41. The van der Waals surface area contributed by atoms with Crippen LogP contribution in [0.5, 0.6) is 0 Å². The van der Waals surface area contributed by atoms with E-state index in [1.165, 1.54) is 26.4 Å². The summed E-state index contributed by atoms with van der Waals surface area (Å²) in [6, 6.07) is 18.3. The molecule has 0 radical (unpaired) electrons. The van der Waals surface area contributed by atoms with E-state index >= 15 is 0 Å². The lowest BCUT2D eigenvalue weighted by Gasteiger charge is -2.33. The highest BCUT2D eigenvalue weighted by molar-refractivity contribution is 5.99. The van der Waals surface area contributed by atoms with Gasteiger partial charge in [0.2, 0.25) is 23.6 Å². The van der Waals surface area contributed by atoms with Crippen molar-refractivity contribution < 1.29 is 52.1 Å². The van der Waals surface area contributed by atoms with Crippen LogP contribution in [0.2, 0.25) is 0 Å². The Morgan fingerprint density at radius 2 is 1.02 bits per heavy atom. The number of hydrogen-bond acceptors (Lipinski definition) is 11. The molecule has 17 nitrogen and oxygen atoms in total. The fourth-order valence-corrected chi connectivity index (χ4v) is 10.2. The number of carbonyl (C=O) groups excluding carboxylic acids is 6. The molecule has 0 bridgehead atoms. The van der Waals surface area contributed by atoms with Crippen molar-refractivity contribution in [2.24, 2.45) is 11.8 Å². The third-order valence-electron chi connectivity index (χ3n) is 13.6. The van der Waals surface area contributed by atoms with Gasteiger partial charge >= 0.3 is 12.2 Å². The van der Waals surface area contributed by atoms with Gasteiger partial charge in [0.1, 0.15) is 30.0 Å². The number of nitrogens with zero attached hydrogens (tertiary/aromatic N) is 3. The number of methoxy groups -OCH3 is 2. The maximum Gasteiger partial charge on any atom is 0.407 e. The van der Waals surface area contributed by atoms with E-state index in [-0.39, 0.29) is 53.4 Å². The zero-order valence-electron chi connectivity index (χ0n) is 37.2. The van der Waals surface area contributed by atoms with Gasteiger partial charge in [-0.3, -0.25) is 19.2 Å². The Kier molecular flexibility index (Phi) is 14.7. The van der Waals surface area contributed by atoms with E-state index in [0.717, 1.165) is 29.7 Å². The van der Waals surface area contributed by atoms with Crippen LogP contribution >= 0.6 is 0 Å². The van der Waals surface area contributed by atoms with Crippen LogP contribution in [0.25, 0.3) is 0 Å². The summed E-state index contributed by atoms with van der Waals surface area (Å²) in [4.78, 5) is 84.8. The summed E-state index contributed by atoms with van der Waals surface area (Å²) >= 11 is 0. The molecule has 18 heteroatoms. The first kappa shape index (κ1) is 46.3. The van der Waals surface area contributed by atoms with Gasteiger partial charge in [-0.05, 0) is 111 Å². The van der Waals surface area contributed by atoms with E-state index in [4.69, 9.17) is 18.9 Å². The van der Waals surface area contributed by atoms with Crippen molar-refractivity contribution in [3.05, 3.63) is 89.7 Å². The number of nitrogens with one attached hydrogen (secondary N) is 4. The fraction of sp³-hybridized carbons (Fsp3) is 0.500. The summed E-state index contributed by atoms with van der Waals surface area (Å²) in [7, 11) is 2.48. The van der Waals surface area contributed by atoms with Crippen LogP contribution in [0, 0.1) is 17.7 Å². The molecule has 8 rings (SSSR count). The lowest BCUT2D eigenvalue weighted by molar-refractivity contribution is -0.139. The standard InChI is InChI=1S/C48H58FN7O10/c1-63-47(61)52-41(31-21-25-65-27-31)45(59)54-23-3-5-39(54)43(57)50-34-13-7-29(8-14-34)37-19-20-38(56(37)36-17-11-33(49)12-18-36)30-9-15-35(16-10-30)51-44(58)40-6-4-24-55(40)46(60)42(53-48(62)64-2)32-22-26-66-28-32/h7-18,31-32,37-42H,3-6,19-28H2,1-2H3,(H,50,57)(H,51,58)(H,52,61)(H,53,62)/t31-,32-,37-,38-,39-,40-,41-,42-/m0/s1. The normalized spacial score (nSPS) is 24.7. The first-order valence-corrected chi connectivity index (χ1v) is 22.8. The van der Waals surface area contributed by atoms with Crippen molar-refractivity contribution in [3.63, 3.8) is 0 Å². The van der Waals surface area contributed by atoms with Crippen molar-refractivity contribution >= 4 is 52.9 Å².